The lowest BCUT2D eigenvalue weighted by molar-refractivity contribution is 0.0410. The minimum absolute atomic E-state index is 0.713. The highest BCUT2D eigenvalue weighted by atomic mass is 15.3. The summed E-state index contributed by atoms with van der Waals surface area (Å²) in [5, 5.41) is 3.48. The van der Waals surface area contributed by atoms with Crippen molar-refractivity contribution in [3.8, 4) is 0 Å². The first kappa shape index (κ1) is 10.4. The van der Waals surface area contributed by atoms with Crippen molar-refractivity contribution in [3.05, 3.63) is 0 Å². The minimum atomic E-state index is 0.713. The molecule has 0 aromatic carbocycles. The second-order valence-electron chi connectivity index (χ2n) is 5.14. The first-order valence-electron chi connectivity index (χ1n) is 5.82. The predicted octanol–water partition coefficient (Wildman–Crippen LogP) is 0.230. The van der Waals surface area contributed by atoms with Crippen molar-refractivity contribution in [1.29, 1.82) is 0 Å². The smallest absolute Gasteiger partial charge is 0.0195 e. The number of hydrogen-bond donors (Lipinski definition) is 1. The van der Waals surface area contributed by atoms with Crippen LogP contribution in [0.2, 0.25) is 0 Å². The number of hydrogen-bond acceptors (Lipinski definition) is 3. The molecule has 1 N–H and O–H groups in total. The van der Waals surface area contributed by atoms with Gasteiger partial charge in [0, 0.05) is 44.8 Å². The van der Waals surface area contributed by atoms with Gasteiger partial charge in [0.25, 0.3) is 0 Å². The minimum Gasteiger partial charge on any atom is -0.314 e. The van der Waals surface area contributed by atoms with E-state index < -0.39 is 0 Å². The fourth-order valence-corrected chi connectivity index (χ4v) is 2.77. The van der Waals surface area contributed by atoms with Gasteiger partial charge in [-0.3, -0.25) is 4.90 Å². The van der Waals surface area contributed by atoms with Crippen molar-refractivity contribution in [2.75, 3.05) is 39.8 Å². The molecule has 14 heavy (non-hydrogen) atoms. The van der Waals surface area contributed by atoms with E-state index in [2.05, 4.69) is 36.0 Å². The molecule has 82 valence electrons. The third-order valence-electron chi connectivity index (χ3n) is 3.62. The second-order valence-corrected chi connectivity index (χ2v) is 5.14. The highest BCUT2D eigenvalue weighted by Gasteiger charge is 2.30. The van der Waals surface area contributed by atoms with Gasteiger partial charge in [-0.25, -0.2) is 0 Å². The molecule has 0 aliphatic carbocycles. The van der Waals surface area contributed by atoms with Crippen LogP contribution in [-0.4, -0.2) is 61.7 Å². The van der Waals surface area contributed by atoms with Gasteiger partial charge in [-0.05, 0) is 26.8 Å². The standard InChI is InChI=1S/C11H23N3/c1-9-4-12-5-10(2)14(9)8-11-6-13(3)7-11/h9-12H,4-8H2,1-3H3. The molecule has 2 aliphatic rings. The molecule has 0 spiro atoms. The van der Waals surface area contributed by atoms with E-state index in [9.17, 15) is 0 Å². The molecular weight excluding hydrogens is 174 g/mol. The van der Waals surface area contributed by atoms with Crippen LogP contribution in [0.1, 0.15) is 13.8 Å². The molecule has 0 bridgehead atoms. The van der Waals surface area contributed by atoms with Crippen LogP contribution in [0.3, 0.4) is 0 Å². The molecule has 0 amide bonds. The Hall–Kier alpha value is -0.120. The molecule has 3 nitrogen and oxygen atoms in total. The summed E-state index contributed by atoms with van der Waals surface area (Å²) in [5.41, 5.74) is 0. The molecule has 0 saturated carbocycles. The van der Waals surface area contributed by atoms with Crippen molar-refractivity contribution in [3.63, 3.8) is 0 Å². The Morgan fingerprint density at radius 2 is 1.71 bits per heavy atom. The van der Waals surface area contributed by atoms with Gasteiger partial charge in [0.2, 0.25) is 0 Å². The zero-order chi connectivity index (χ0) is 10.1. The van der Waals surface area contributed by atoms with Gasteiger partial charge in [-0.15, -0.1) is 0 Å². The maximum Gasteiger partial charge on any atom is 0.0195 e. The Morgan fingerprint density at radius 1 is 1.14 bits per heavy atom. The van der Waals surface area contributed by atoms with Crippen molar-refractivity contribution in [1.82, 2.24) is 15.1 Å². The monoisotopic (exact) mass is 197 g/mol. The van der Waals surface area contributed by atoms with E-state index in [-0.39, 0.29) is 0 Å². The van der Waals surface area contributed by atoms with Gasteiger partial charge in [-0.1, -0.05) is 0 Å². The molecule has 0 radical (unpaired) electrons. The van der Waals surface area contributed by atoms with E-state index in [0.29, 0.717) is 12.1 Å². The van der Waals surface area contributed by atoms with Crippen molar-refractivity contribution < 1.29 is 0 Å². The second kappa shape index (κ2) is 4.17. The van der Waals surface area contributed by atoms with Crippen LogP contribution < -0.4 is 5.32 Å². The van der Waals surface area contributed by atoms with Crippen LogP contribution >= 0.6 is 0 Å². The SMILES string of the molecule is CC1CNCC(C)N1CC1CN(C)C1. The lowest BCUT2D eigenvalue weighted by atomic mass is 9.98. The van der Waals surface area contributed by atoms with Crippen molar-refractivity contribution in [2.24, 2.45) is 5.92 Å². The highest BCUT2D eigenvalue weighted by molar-refractivity contribution is 4.87. The number of likely N-dealkylation sites (tertiary alicyclic amines) is 1. The normalized spacial score (nSPS) is 37.1. The van der Waals surface area contributed by atoms with E-state index in [1.54, 1.807) is 0 Å². The number of nitrogens with one attached hydrogen (secondary N) is 1. The maximum absolute atomic E-state index is 3.48. The molecule has 0 aromatic heterocycles. The third kappa shape index (κ3) is 2.10. The molecular formula is C11H23N3. The molecule has 0 aromatic rings. The highest BCUT2D eigenvalue weighted by Crippen LogP contribution is 2.18. The zero-order valence-electron chi connectivity index (χ0n) is 9.66. The van der Waals surface area contributed by atoms with E-state index in [4.69, 9.17) is 0 Å². The number of rotatable bonds is 2. The van der Waals surface area contributed by atoms with E-state index in [1.165, 1.54) is 19.6 Å². The number of nitrogens with zero attached hydrogens (tertiary/aromatic N) is 2. The van der Waals surface area contributed by atoms with Gasteiger partial charge < -0.3 is 10.2 Å². The summed E-state index contributed by atoms with van der Waals surface area (Å²) in [4.78, 5) is 5.08. The van der Waals surface area contributed by atoms with Crippen LogP contribution in [0.15, 0.2) is 0 Å². The largest absolute Gasteiger partial charge is 0.314 e. The van der Waals surface area contributed by atoms with Crippen molar-refractivity contribution in [2.45, 2.75) is 25.9 Å². The predicted molar refractivity (Wildman–Crippen MR) is 59.5 cm³/mol. The lowest BCUT2D eigenvalue weighted by Gasteiger charge is -2.45. The van der Waals surface area contributed by atoms with E-state index >= 15 is 0 Å². The first-order valence-corrected chi connectivity index (χ1v) is 5.82. The van der Waals surface area contributed by atoms with Gasteiger partial charge in [0.15, 0.2) is 0 Å². The van der Waals surface area contributed by atoms with Gasteiger partial charge in [-0.2, -0.15) is 0 Å². The quantitative estimate of drug-likeness (QED) is 0.684. The summed E-state index contributed by atoms with van der Waals surface area (Å²) in [7, 11) is 2.21. The lowest BCUT2D eigenvalue weighted by Crippen LogP contribution is -2.59. The molecule has 2 unspecified atom stereocenters. The Bertz CT molecular complexity index is 179. The zero-order valence-corrected chi connectivity index (χ0v) is 9.66. The average molecular weight is 197 g/mol. The van der Waals surface area contributed by atoms with Crippen LogP contribution in [0.25, 0.3) is 0 Å². The fraction of sp³-hybridized carbons (Fsp3) is 1.00. The summed E-state index contributed by atoms with van der Waals surface area (Å²) in [6.45, 7) is 10.9. The third-order valence-corrected chi connectivity index (χ3v) is 3.62. The Morgan fingerprint density at radius 3 is 2.21 bits per heavy atom. The Labute approximate surface area is 87.4 Å². The van der Waals surface area contributed by atoms with Gasteiger partial charge in [0.1, 0.15) is 0 Å². The maximum atomic E-state index is 3.48. The summed E-state index contributed by atoms with van der Waals surface area (Å²) in [6, 6.07) is 1.43. The van der Waals surface area contributed by atoms with Gasteiger partial charge in [0.05, 0.1) is 0 Å². The van der Waals surface area contributed by atoms with E-state index in [1.807, 2.05) is 0 Å². The summed E-state index contributed by atoms with van der Waals surface area (Å²) < 4.78 is 0. The average Bonchev–Trinajstić information content (AvgIpc) is 2.08. The van der Waals surface area contributed by atoms with Crippen LogP contribution in [-0.2, 0) is 0 Å². The molecule has 2 saturated heterocycles. The summed E-state index contributed by atoms with van der Waals surface area (Å²) in [6.07, 6.45) is 0. The molecule has 2 heterocycles. The topological polar surface area (TPSA) is 18.5 Å². The number of piperazine rings is 1. The fourth-order valence-electron chi connectivity index (χ4n) is 2.77. The van der Waals surface area contributed by atoms with Crippen molar-refractivity contribution >= 4 is 0 Å². The van der Waals surface area contributed by atoms with Crippen LogP contribution in [0.4, 0.5) is 0 Å². The Balaban J connectivity index is 1.82. The Kier molecular flexibility index (Phi) is 3.10. The molecule has 2 fully saturated rings. The molecule has 2 aliphatic heterocycles. The first-order chi connectivity index (χ1) is 6.66. The van der Waals surface area contributed by atoms with E-state index in [0.717, 1.165) is 19.0 Å². The molecule has 3 heteroatoms. The summed E-state index contributed by atoms with van der Waals surface area (Å²) in [5.74, 6) is 0.919. The van der Waals surface area contributed by atoms with Crippen LogP contribution in [0.5, 0.6) is 0 Å². The molecule has 2 rings (SSSR count). The molecule has 2 atom stereocenters. The summed E-state index contributed by atoms with van der Waals surface area (Å²) >= 11 is 0. The van der Waals surface area contributed by atoms with Gasteiger partial charge >= 0.3 is 0 Å². The van der Waals surface area contributed by atoms with Crippen LogP contribution in [0, 0.1) is 5.92 Å².